The van der Waals surface area contributed by atoms with Gasteiger partial charge in [-0.2, -0.15) is 0 Å². The molecule has 0 bridgehead atoms. The van der Waals surface area contributed by atoms with Gasteiger partial charge in [-0.3, -0.25) is 4.79 Å². The number of pyridine rings is 1. The maximum atomic E-state index is 12.2. The van der Waals surface area contributed by atoms with Crippen molar-refractivity contribution in [1.82, 2.24) is 4.98 Å². The van der Waals surface area contributed by atoms with Gasteiger partial charge in [-0.1, -0.05) is 17.7 Å². The molecular formula is C15H14N2O3. The summed E-state index contributed by atoms with van der Waals surface area (Å²) in [4.78, 5) is 27.5. The number of carbonyl (C=O) groups excluding carboxylic acids is 1. The number of aromatic carboxylic acids is 1. The average molecular weight is 270 g/mol. The fraction of sp³-hybridized carbons (Fsp3) is 0.133. The number of benzene rings is 1. The van der Waals surface area contributed by atoms with Crippen molar-refractivity contribution in [2.45, 2.75) is 13.8 Å². The highest BCUT2D eigenvalue weighted by molar-refractivity contribution is 6.10. The van der Waals surface area contributed by atoms with Crippen molar-refractivity contribution in [2.24, 2.45) is 0 Å². The number of carboxylic acid groups (broad SMARTS) is 1. The van der Waals surface area contributed by atoms with E-state index in [1.54, 1.807) is 31.2 Å². The number of hydrogen-bond acceptors (Lipinski definition) is 3. The van der Waals surface area contributed by atoms with E-state index in [-0.39, 0.29) is 11.1 Å². The Bertz CT molecular complexity index is 681. The van der Waals surface area contributed by atoms with Gasteiger partial charge >= 0.3 is 5.97 Å². The first kappa shape index (κ1) is 13.7. The Labute approximate surface area is 116 Å². The molecule has 102 valence electrons. The van der Waals surface area contributed by atoms with Crippen LogP contribution in [0.25, 0.3) is 0 Å². The van der Waals surface area contributed by atoms with Crippen LogP contribution in [0.15, 0.2) is 36.4 Å². The highest BCUT2D eigenvalue weighted by Crippen LogP contribution is 2.14. The first-order chi connectivity index (χ1) is 9.47. The zero-order chi connectivity index (χ0) is 14.7. The largest absolute Gasteiger partial charge is 0.478 e. The molecule has 1 heterocycles. The summed E-state index contributed by atoms with van der Waals surface area (Å²) in [5.74, 6) is -1.22. The zero-order valence-electron chi connectivity index (χ0n) is 11.2. The van der Waals surface area contributed by atoms with Crippen molar-refractivity contribution < 1.29 is 14.7 Å². The van der Waals surface area contributed by atoms with E-state index in [1.807, 2.05) is 13.0 Å². The average Bonchev–Trinajstić information content (AvgIpc) is 2.38. The standard InChI is InChI=1S/C15H14N2O3/c1-9-6-7-11(15(19)20)12(8-9)14(18)17-13-5-3-4-10(2)16-13/h3-8H,1-2H3,(H,19,20)(H,16,17,18). The van der Waals surface area contributed by atoms with Gasteiger partial charge in [0, 0.05) is 5.69 Å². The number of hydrogen-bond donors (Lipinski definition) is 2. The SMILES string of the molecule is Cc1ccc(C(=O)O)c(C(=O)Nc2cccc(C)n2)c1. The third kappa shape index (κ3) is 3.00. The minimum atomic E-state index is -1.13. The predicted molar refractivity (Wildman–Crippen MR) is 75.1 cm³/mol. The van der Waals surface area contributed by atoms with E-state index in [2.05, 4.69) is 10.3 Å². The summed E-state index contributed by atoms with van der Waals surface area (Å²) in [6.07, 6.45) is 0. The molecule has 0 saturated heterocycles. The van der Waals surface area contributed by atoms with Crippen molar-refractivity contribution in [3.05, 3.63) is 58.8 Å². The Balaban J connectivity index is 2.34. The minimum Gasteiger partial charge on any atom is -0.478 e. The lowest BCUT2D eigenvalue weighted by Gasteiger charge is -2.08. The van der Waals surface area contributed by atoms with Crippen molar-refractivity contribution in [3.63, 3.8) is 0 Å². The summed E-state index contributed by atoms with van der Waals surface area (Å²) < 4.78 is 0. The van der Waals surface area contributed by atoms with Gasteiger partial charge < -0.3 is 10.4 Å². The number of carboxylic acids is 1. The van der Waals surface area contributed by atoms with E-state index in [0.717, 1.165) is 11.3 Å². The molecule has 2 N–H and O–H groups in total. The van der Waals surface area contributed by atoms with Crippen LogP contribution in [0.3, 0.4) is 0 Å². The van der Waals surface area contributed by atoms with Crippen LogP contribution < -0.4 is 5.32 Å². The number of amides is 1. The van der Waals surface area contributed by atoms with E-state index in [9.17, 15) is 9.59 Å². The number of aryl methyl sites for hydroxylation is 2. The molecule has 0 spiro atoms. The molecule has 0 saturated carbocycles. The number of nitrogens with zero attached hydrogens (tertiary/aromatic N) is 1. The van der Waals surface area contributed by atoms with Gasteiger partial charge in [0.25, 0.3) is 5.91 Å². The monoisotopic (exact) mass is 270 g/mol. The Morgan fingerprint density at radius 1 is 1.10 bits per heavy atom. The van der Waals surface area contributed by atoms with Crippen LogP contribution in [0, 0.1) is 13.8 Å². The van der Waals surface area contributed by atoms with E-state index in [0.29, 0.717) is 5.82 Å². The molecule has 2 rings (SSSR count). The molecule has 0 fully saturated rings. The van der Waals surface area contributed by atoms with Gasteiger partial charge in [0.2, 0.25) is 0 Å². The molecule has 0 atom stereocenters. The smallest absolute Gasteiger partial charge is 0.336 e. The third-order valence-electron chi connectivity index (χ3n) is 2.78. The van der Waals surface area contributed by atoms with Crippen LogP contribution >= 0.6 is 0 Å². The summed E-state index contributed by atoms with van der Waals surface area (Å²) >= 11 is 0. The summed E-state index contributed by atoms with van der Waals surface area (Å²) in [6.45, 7) is 3.61. The molecule has 0 aliphatic rings. The van der Waals surface area contributed by atoms with Crippen LogP contribution in [0.4, 0.5) is 5.82 Å². The number of carbonyl (C=O) groups is 2. The molecule has 0 aliphatic carbocycles. The van der Waals surface area contributed by atoms with Crippen molar-refractivity contribution in [1.29, 1.82) is 0 Å². The molecular weight excluding hydrogens is 256 g/mol. The Morgan fingerprint density at radius 3 is 2.50 bits per heavy atom. The third-order valence-corrected chi connectivity index (χ3v) is 2.78. The second-order valence-corrected chi connectivity index (χ2v) is 4.47. The number of anilines is 1. The second-order valence-electron chi connectivity index (χ2n) is 4.47. The lowest BCUT2D eigenvalue weighted by atomic mass is 10.0. The molecule has 0 radical (unpaired) electrons. The fourth-order valence-electron chi connectivity index (χ4n) is 1.83. The van der Waals surface area contributed by atoms with Crippen LogP contribution in [0.5, 0.6) is 0 Å². The van der Waals surface area contributed by atoms with Gasteiger partial charge in [-0.05, 0) is 38.1 Å². The van der Waals surface area contributed by atoms with E-state index in [1.165, 1.54) is 6.07 Å². The van der Waals surface area contributed by atoms with Crippen LogP contribution in [-0.4, -0.2) is 22.0 Å². The van der Waals surface area contributed by atoms with E-state index in [4.69, 9.17) is 5.11 Å². The highest BCUT2D eigenvalue weighted by Gasteiger charge is 2.17. The lowest BCUT2D eigenvalue weighted by Crippen LogP contribution is -2.17. The molecule has 1 aromatic heterocycles. The number of nitrogens with one attached hydrogen (secondary N) is 1. The first-order valence-corrected chi connectivity index (χ1v) is 6.06. The van der Waals surface area contributed by atoms with E-state index < -0.39 is 11.9 Å². The van der Waals surface area contributed by atoms with E-state index >= 15 is 0 Å². The zero-order valence-corrected chi connectivity index (χ0v) is 11.2. The molecule has 20 heavy (non-hydrogen) atoms. The second kappa shape index (κ2) is 5.52. The van der Waals surface area contributed by atoms with Gasteiger partial charge in [0.15, 0.2) is 0 Å². The normalized spacial score (nSPS) is 10.1. The molecule has 1 amide bonds. The van der Waals surface area contributed by atoms with Crippen LogP contribution in [0.1, 0.15) is 32.0 Å². The quantitative estimate of drug-likeness (QED) is 0.898. The fourth-order valence-corrected chi connectivity index (χ4v) is 1.83. The van der Waals surface area contributed by atoms with Crippen LogP contribution in [-0.2, 0) is 0 Å². The van der Waals surface area contributed by atoms with Crippen molar-refractivity contribution in [3.8, 4) is 0 Å². The molecule has 2 aromatic rings. The minimum absolute atomic E-state index is 0.0271. The summed E-state index contributed by atoms with van der Waals surface area (Å²) in [7, 11) is 0. The summed E-state index contributed by atoms with van der Waals surface area (Å²) in [6, 6.07) is 9.87. The van der Waals surface area contributed by atoms with Crippen molar-refractivity contribution in [2.75, 3.05) is 5.32 Å². The Kier molecular flexibility index (Phi) is 3.79. The number of rotatable bonds is 3. The van der Waals surface area contributed by atoms with Gasteiger partial charge in [-0.25, -0.2) is 9.78 Å². The highest BCUT2D eigenvalue weighted by atomic mass is 16.4. The van der Waals surface area contributed by atoms with Gasteiger partial charge in [0.1, 0.15) is 5.82 Å². The molecule has 0 unspecified atom stereocenters. The summed E-state index contributed by atoms with van der Waals surface area (Å²) in [5.41, 5.74) is 1.68. The molecule has 0 aliphatic heterocycles. The predicted octanol–water partition coefficient (Wildman–Crippen LogP) is 2.65. The Hall–Kier alpha value is -2.69. The summed E-state index contributed by atoms with van der Waals surface area (Å²) in [5, 5.41) is 11.7. The number of aromatic nitrogens is 1. The maximum absolute atomic E-state index is 12.2. The maximum Gasteiger partial charge on any atom is 0.336 e. The Morgan fingerprint density at radius 2 is 1.85 bits per heavy atom. The van der Waals surface area contributed by atoms with Gasteiger partial charge in [0.05, 0.1) is 11.1 Å². The van der Waals surface area contributed by atoms with Crippen LogP contribution in [0.2, 0.25) is 0 Å². The first-order valence-electron chi connectivity index (χ1n) is 6.06. The van der Waals surface area contributed by atoms with Crippen molar-refractivity contribution >= 4 is 17.7 Å². The van der Waals surface area contributed by atoms with Gasteiger partial charge in [-0.15, -0.1) is 0 Å². The lowest BCUT2D eigenvalue weighted by molar-refractivity contribution is 0.0692. The molecule has 1 aromatic carbocycles. The topological polar surface area (TPSA) is 79.3 Å². The molecule has 5 heteroatoms. The molecule has 5 nitrogen and oxygen atoms in total.